The Bertz CT molecular complexity index is 759. The molecule has 1 N–H and O–H groups in total. The lowest BCUT2D eigenvalue weighted by Gasteiger charge is -2.08. The van der Waals surface area contributed by atoms with Gasteiger partial charge in [0.05, 0.1) is 5.69 Å². The van der Waals surface area contributed by atoms with Crippen molar-refractivity contribution in [3.8, 4) is 11.3 Å². The third kappa shape index (κ3) is 3.35. The molecule has 3 aromatic rings. The summed E-state index contributed by atoms with van der Waals surface area (Å²) in [5, 5.41) is 4.50. The molecule has 110 valence electrons. The number of amides is 1. The highest BCUT2D eigenvalue weighted by atomic mass is 35.5. The van der Waals surface area contributed by atoms with Crippen molar-refractivity contribution in [3.05, 3.63) is 71.6 Å². The van der Waals surface area contributed by atoms with E-state index in [4.69, 9.17) is 11.6 Å². The highest BCUT2D eigenvalue weighted by Crippen LogP contribution is 2.27. The van der Waals surface area contributed by atoms with Crippen LogP contribution in [0.3, 0.4) is 0 Å². The molecule has 0 fully saturated rings. The Kier molecular flexibility index (Phi) is 4.51. The van der Waals surface area contributed by atoms with Gasteiger partial charge in [0, 0.05) is 10.9 Å². The number of anilines is 1. The van der Waals surface area contributed by atoms with E-state index in [1.165, 1.54) is 11.3 Å². The summed E-state index contributed by atoms with van der Waals surface area (Å²) < 4.78 is 0. The summed E-state index contributed by atoms with van der Waals surface area (Å²) in [4.78, 5) is 16.6. The second-order valence-electron chi connectivity index (χ2n) is 4.67. The van der Waals surface area contributed by atoms with Gasteiger partial charge in [-0.2, -0.15) is 0 Å². The quantitative estimate of drug-likeness (QED) is 0.703. The number of thiazole rings is 1. The zero-order valence-electron chi connectivity index (χ0n) is 11.6. The summed E-state index contributed by atoms with van der Waals surface area (Å²) in [7, 11) is 0. The van der Waals surface area contributed by atoms with Crippen molar-refractivity contribution in [2.24, 2.45) is 0 Å². The first kappa shape index (κ1) is 14.8. The summed E-state index contributed by atoms with van der Waals surface area (Å²) in [6.07, 6.45) is 0. The first-order valence-corrected chi connectivity index (χ1v) is 8.06. The third-order valence-corrected chi connectivity index (χ3v) is 4.33. The fourth-order valence-corrected chi connectivity index (χ4v) is 2.94. The van der Waals surface area contributed by atoms with Gasteiger partial charge in [-0.3, -0.25) is 4.79 Å². The van der Waals surface area contributed by atoms with Gasteiger partial charge in [0.2, 0.25) is 5.91 Å². The van der Waals surface area contributed by atoms with Gasteiger partial charge in [0.1, 0.15) is 5.38 Å². The fourth-order valence-electron chi connectivity index (χ4n) is 2.01. The summed E-state index contributed by atoms with van der Waals surface area (Å²) in [5.74, 6) is -0.276. The van der Waals surface area contributed by atoms with E-state index in [2.05, 4.69) is 10.3 Å². The van der Waals surface area contributed by atoms with Crippen LogP contribution in [0.25, 0.3) is 11.3 Å². The predicted molar refractivity (Wildman–Crippen MR) is 91.2 cm³/mol. The molecular weight excluding hydrogens is 316 g/mol. The molecule has 22 heavy (non-hydrogen) atoms. The van der Waals surface area contributed by atoms with Crippen LogP contribution in [0.4, 0.5) is 5.13 Å². The molecule has 1 atom stereocenters. The van der Waals surface area contributed by atoms with Gasteiger partial charge in [0.15, 0.2) is 5.13 Å². The number of hydrogen-bond acceptors (Lipinski definition) is 3. The van der Waals surface area contributed by atoms with E-state index in [0.717, 1.165) is 16.8 Å². The molecule has 1 heterocycles. The van der Waals surface area contributed by atoms with Crippen molar-refractivity contribution in [1.82, 2.24) is 4.98 Å². The Morgan fingerprint density at radius 3 is 2.36 bits per heavy atom. The lowest BCUT2D eigenvalue weighted by atomic mass is 10.1. The molecule has 3 nitrogen and oxygen atoms in total. The largest absolute Gasteiger partial charge is 0.300 e. The summed E-state index contributed by atoms with van der Waals surface area (Å²) in [6, 6.07) is 19.1. The van der Waals surface area contributed by atoms with Crippen LogP contribution in [0.15, 0.2) is 66.0 Å². The number of aromatic nitrogens is 1. The number of hydrogen-bond donors (Lipinski definition) is 1. The minimum Gasteiger partial charge on any atom is -0.300 e. The Labute approximate surface area is 137 Å². The zero-order chi connectivity index (χ0) is 15.4. The third-order valence-electron chi connectivity index (χ3n) is 3.13. The van der Waals surface area contributed by atoms with Gasteiger partial charge in [-0.25, -0.2) is 4.98 Å². The molecule has 3 rings (SSSR count). The van der Waals surface area contributed by atoms with E-state index < -0.39 is 5.38 Å². The SMILES string of the molecule is O=C(Nc1nc(-c2ccccc2)cs1)C(Cl)c1ccccc1. The Balaban J connectivity index is 1.71. The van der Waals surface area contributed by atoms with Crippen molar-refractivity contribution in [2.45, 2.75) is 5.38 Å². The van der Waals surface area contributed by atoms with Gasteiger partial charge in [-0.05, 0) is 5.56 Å². The summed E-state index contributed by atoms with van der Waals surface area (Å²) >= 11 is 7.58. The number of halogens is 1. The topological polar surface area (TPSA) is 42.0 Å². The van der Waals surface area contributed by atoms with Gasteiger partial charge in [0.25, 0.3) is 0 Å². The lowest BCUT2D eigenvalue weighted by Crippen LogP contribution is -2.17. The second kappa shape index (κ2) is 6.73. The Hall–Kier alpha value is -2.17. The standard InChI is InChI=1S/C17H13ClN2OS/c18-15(13-9-5-2-6-10-13)16(21)20-17-19-14(11-22-17)12-7-3-1-4-8-12/h1-11,15H,(H,19,20,21). The molecule has 0 aliphatic heterocycles. The van der Waals surface area contributed by atoms with E-state index >= 15 is 0 Å². The molecule has 1 amide bonds. The van der Waals surface area contributed by atoms with Crippen LogP contribution in [0.1, 0.15) is 10.9 Å². The minimum absolute atomic E-state index is 0.276. The van der Waals surface area contributed by atoms with E-state index in [-0.39, 0.29) is 5.91 Å². The van der Waals surface area contributed by atoms with Crippen LogP contribution in [0, 0.1) is 0 Å². The maximum atomic E-state index is 12.2. The molecule has 2 aromatic carbocycles. The first-order chi connectivity index (χ1) is 10.7. The second-order valence-corrected chi connectivity index (χ2v) is 5.96. The predicted octanol–water partition coefficient (Wildman–Crippen LogP) is 4.73. The zero-order valence-corrected chi connectivity index (χ0v) is 13.1. The molecule has 0 bridgehead atoms. The van der Waals surface area contributed by atoms with Crippen LogP contribution in [0.2, 0.25) is 0 Å². The molecule has 5 heteroatoms. The molecule has 1 unspecified atom stereocenters. The van der Waals surface area contributed by atoms with Gasteiger partial charge >= 0.3 is 0 Å². The summed E-state index contributed by atoms with van der Waals surface area (Å²) in [6.45, 7) is 0. The van der Waals surface area contributed by atoms with Crippen LogP contribution < -0.4 is 5.32 Å². The molecule has 1 aromatic heterocycles. The maximum Gasteiger partial charge on any atom is 0.248 e. The average Bonchev–Trinajstić information content (AvgIpc) is 3.04. The number of nitrogens with one attached hydrogen (secondary N) is 1. The highest BCUT2D eigenvalue weighted by Gasteiger charge is 2.18. The molecule has 0 aliphatic rings. The molecular formula is C17H13ClN2OS. The Morgan fingerprint density at radius 2 is 1.68 bits per heavy atom. The average molecular weight is 329 g/mol. The monoisotopic (exact) mass is 328 g/mol. The number of carbonyl (C=O) groups is 1. The molecule has 0 saturated carbocycles. The van der Waals surface area contributed by atoms with Gasteiger partial charge in [-0.1, -0.05) is 60.7 Å². The van der Waals surface area contributed by atoms with E-state index in [1.807, 2.05) is 66.0 Å². The first-order valence-electron chi connectivity index (χ1n) is 6.75. The minimum atomic E-state index is -0.731. The number of alkyl halides is 1. The normalized spacial score (nSPS) is 11.9. The van der Waals surface area contributed by atoms with Crippen LogP contribution in [-0.4, -0.2) is 10.9 Å². The van der Waals surface area contributed by atoms with E-state index in [0.29, 0.717) is 5.13 Å². The van der Waals surface area contributed by atoms with Gasteiger partial charge in [-0.15, -0.1) is 22.9 Å². The Morgan fingerprint density at radius 1 is 1.05 bits per heavy atom. The van der Waals surface area contributed by atoms with Gasteiger partial charge < -0.3 is 5.32 Å². The number of carbonyl (C=O) groups excluding carboxylic acids is 1. The maximum absolute atomic E-state index is 12.2. The van der Waals surface area contributed by atoms with E-state index in [1.54, 1.807) is 0 Å². The van der Waals surface area contributed by atoms with Crippen molar-refractivity contribution in [3.63, 3.8) is 0 Å². The number of rotatable bonds is 4. The van der Waals surface area contributed by atoms with Crippen molar-refractivity contribution in [1.29, 1.82) is 0 Å². The molecule has 0 spiro atoms. The number of nitrogens with zero attached hydrogens (tertiary/aromatic N) is 1. The lowest BCUT2D eigenvalue weighted by molar-refractivity contribution is -0.116. The van der Waals surface area contributed by atoms with E-state index in [9.17, 15) is 4.79 Å². The fraction of sp³-hybridized carbons (Fsp3) is 0.0588. The number of benzene rings is 2. The van der Waals surface area contributed by atoms with Crippen LogP contribution in [0.5, 0.6) is 0 Å². The van der Waals surface area contributed by atoms with Crippen molar-refractivity contribution < 1.29 is 4.79 Å². The molecule has 0 aliphatic carbocycles. The smallest absolute Gasteiger partial charge is 0.248 e. The van der Waals surface area contributed by atoms with Crippen molar-refractivity contribution >= 4 is 34.0 Å². The molecule has 0 saturated heterocycles. The highest BCUT2D eigenvalue weighted by molar-refractivity contribution is 7.14. The molecule has 0 radical (unpaired) electrons. The van der Waals surface area contributed by atoms with Crippen LogP contribution in [-0.2, 0) is 4.79 Å². The summed E-state index contributed by atoms with van der Waals surface area (Å²) in [5.41, 5.74) is 2.62. The van der Waals surface area contributed by atoms with Crippen molar-refractivity contribution in [2.75, 3.05) is 5.32 Å². The van der Waals surface area contributed by atoms with Crippen LogP contribution >= 0.6 is 22.9 Å².